The minimum atomic E-state index is -4.29. The van der Waals surface area contributed by atoms with E-state index in [0.29, 0.717) is 22.3 Å². The topological polar surface area (TPSA) is 82.4 Å². The van der Waals surface area contributed by atoms with Gasteiger partial charge >= 0.3 is 0 Å². The summed E-state index contributed by atoms with van der Waals surface area (Å²) in [5.74, 6) is 0. The first-order valence-corrected chi connectivity index (χ1v) is 10.3. The first kappa shape index (κ1) is 16.0. The summed E-state index contributed by atoms with van der Waals surface area (Å²) in [6, 6.07) is 20.9. The van der Waals surface area contributed by atoms with Crippen LogP contribution in [0.25, 0.3) is 26.4 Å². The predicted octanol–water partition coefficient (Wildman–Crippen LogP) is 3.79. The number of hydrogen-bond acceptors (Lipinski definition) is 4. The lowest BCUT2D eigenvalue weighted by Crippen LogP contribution is -1.98. The van der Waals surface area contributed by atoms with Gasteiger partial charge in [0.1, 0.15) is 20.0 Å². The Morgan fingerprint density at radius 2 is 0.880 bits per heavy atom. The largest absolute Gasteiger partial charge is 0.427 e. The van der Waals surface area contributed by atoms with E-state index in [1.807, 2.05) is 0 Å². The molecule has 0 fully saturated rings. The van der Waals surface area contributed by atoms with Gasteiger partial charge < -0.3 is 4.13 Å². The molecule has 0 saturated carbocycles. The molecule has 5 nitrogen and oxygen atoms in total. The van der Waals surface area contributed by atoms with Crippen molar-refractivity contribution in [1.82, 2.24) is 0 Å². The number of hydrogen-bond donors (Lipinski definition) is 0. The molecular weight excluding hydrogens is 358 g/mol. The Balaban J connectivity index is 2.14. The Morgan fingerprint density at radius 1 is 0.520 bits per heavy atom. The third kappa shape index (κ3) is 2.57. The first-order valence-electron chi connectivity index (χ1n) is 7.42. The molecule has 0 radical (unpaired) electrons. The van der Waals surface area contributed by atoms with Crippen molar-refractivity contribution in [2.75, 3.05) is 0 Å². The van der Waals surface area contributed by atoms with Gasteiger partial charge in [-0.05, 0) is 22.3 Å². The SMILES string of the molecule is O=S1(=O)[N-]S(=O)(=O)c2c(-c3ccccc3)ccc(-c3ccccc3)c21. The first-order chi connectivity index (χ1) is 11.9. The third-order valence-corrected chi connectivity index (χ3v) is 7.57. The fourth-order valence-electron chi connectivity index (χ4n) is 2.97. The molecule has 0 amide bonds. The second-order valence-corrected chi connectivity index (χ2v) is 8.89. The zero-order valence-electron chi connectivity index (χ0n) is 12.8. The molecule has 7 heteroatoms. The van der Waals surface area contributed by atoms with E-state index in [1.165, 1.54) is 0 Å². The minimum absolute atomic E-state index is 0.250. The van der Waals surface area contributed by atoms with Crippen LogP contribution in [0.2, 0.25) is 0 Å². The van der Waals surface area contributed by atoms with Gasteiger partial charge in [0, 0.05) is 0 Å². The van der Waals surface area contributed by atoms with Crippen LogP contribution in [0.1, 0.15) is 0 Å². The van der Waals surface area contributed by atoms with Crippen LogP contribution in [0.4, 0.5) is 0 Å². The van der Waals surface area contributed by atoms with E-state index < -0.39 is 20.0 Å². The molecule has 1 aliphatic rings. The van der Waals surface area contributed by atoms with Crippen LogP contribution in [0.15, 0.2) is 82.6 Å². The van der Waals surface area contributed by atoms with Gasteiger partial charge in [0.25, 0.3) is 0 Å². The van der Waals surface area contributed by atoms with E-state index in [2.05, 4.69) is 4.13 Å². The van der Waals surface area contributed by atoms with Gasteiger partial charge in [-0.1, -0.05) is 72.8 Å². The van der Waals surface area contributed by atoms with E-state index >= 15 is 0 Å². The van der Waals surface area contributed by atoms with Crippen molar-refractivity contribution in [3.05, 3.63) is 76.9 Å². The van der Waals surface area contributed by atoms with Gasteiger partial charge in [-0.25, -0.2) is 16.8 Å². The van der Waals surface area contributed by atoms with Crippen molar-refractivity contribution >= 4 is 20.0 Å². The van der Waals surface area contributed by atoms with Gasteiger partial charge in [-0.2, -0.15) is 0 Å². The Hall–Kier alpha value is -2.48. The molecule has 0 N–H and O–H groups in total. The molecule has 0 aliphatic carbocycles. The molecule has 126 valence electrons. The molecular formula is C18H12NO4S2-. The van der Waals surface area contributed by atoms with Gasteiger partial charge in [-0.15, -0.1) is 0 Å². The summed E-state index contributed by atoms with van der Waals surface area (Å²) in [5, 5.41) is 0. The van der Waals surface area contributed by atoms with Gasteiger partial charge in [-0.3, -0.25) is 0 Å². The molecule has 0 atom stereocenters. The Bertz CT molecular complexity index is 1080. The lowest BCUT2D eigenvalue weighted by atomic mass is 10.00. The molecule has 4 rings (SSSR count). The molecule has 1 heterocycles. The monoisotopic (exact) mass is 370 g/mol. The van der Waals surface area contributed by atoms with E-state index in [-0.39, 0.29) is 9.79 Å². The van der Waals surface area contributed by atoms with Gasteiger partial charge in [0.15, 0.2) is 0 Å². The molecule has 25 heavy (non-hydrogen) atoms. The second kappa shape index (κ2) is 5.52. The fourth-order valence-corrected chi connectivity index (χ4v) is 6.85. The molecule has 0 unspecified atom stereocenters. The Kier molecular flexibility index (Phi) is 3.54. The molecule has 3 aromatic rings. The molecule has 0 saturated heterocycles. The second-order valence-electron chi connectivity index (χ2n) is 5.58. The van der Waals surface area contributed by atoms with Crippen LogP contribution in [-0.2, 0) is 20.0 Å². The fraction of sp³-hybridized carbons (Fsp3) is 0. The molecule has 0 bridgehead atoms. The number of sulfonamides is 2. The van der Waals surface area contributed by atoms with Crippen LogP contribution < -0.4 is 0 Å². The smallest absolute Gasteiger partial charge is 0.114 e. The van der Waals surface area contributed by atoms with Gasteiger partial charge in [0.2, 0.25) is 0 Å². The van der Waals surface area contributed by atoms with Gasteiger partial charge in [0.05, 0.1) is 9.79 Å². The maximum Gasteiger partial charge on any atom is 0.114 e. The highest BCUT2D eigenvalue weighted by atomic mass is 32.3. The minimum Gasteiger partial charge on any atom is -0.427 e. The quantitative estimate of drug-likeness (QED) is 0.687. The molecule has 1 aliphatic heterocycles. The zero-order chi connectivity index (χ0) is 17.7. The number of nitrogens with zero attached hydrogens (tertiary/aromatic N) is 1. The summed E-state index contributed by atoms with van der Waals surface area (Å²) in [7, 11) is -8.57. The van der Waals surface area contributed by atoms with Crippen LogP contribution in [-0.4, -0.2) is 16.8 Å². The average Bonchev–Trinajstić information content (AvgIpc) is 2.81. The molecule has 0 aromatic heterocycles. The highest BCUT2D eigenvalue weighted by Gasteiger charge is 2.33. The van der Waals surface area contributed by atoms with Crippen LogP contribution in [0.3, 0.4) is 0 Å². The zero-order valence-corrected chi connectivity index (χ0v) is 14.5. The van der Waals surface area contributed by atoms with E-state index in [4.69, 9.17) is 0 Å². The maximum absolute atomic E-state index is 12.5. The lowest BCUT2D eigenvalue weighted by molar-refractivity contribution is 0.603. The van der Waals surface area contributed by atoms with Crippen molar-refractivity contribution in [3.8, 4) is 22.3 Å². The van der Waals surface area contributed by atoms with E-state index in [1.54, 1.807) is 72.8 Å². The third-order valence-electron chi connectivity index (χ3n) is 3.99. The maximum atomic E-state index is 12.5. The standard InChI is InChI=1S/C18H12NO4S2/c20-24(21)17-15(13-7-3-1-4-8-13)11-12-16(14-9-5-2-6-10-14)18(17)25(22,23)19-24/h1-12H/q-1. The van der Waals surface area contributed by atoms with Crippen molar-refractivity contribution in [2.45, 2.75) is 9.79 Å². The summed E-state index contributed by atoms with van der Waals surface area (Å²) >= 11 is 0. The van der Waals surface area contributed by atoms with Crippen molar-refractivity contribution in [1.29, 1.82) is 0 Å². The lowest BCUT2D eigenvalue weighted by Gasteiger charge is -2.13. The van der Waals surface area contributed by atoms with Crippen molar-refractivity contribution < 1.29 is 16.8 Å². The van der Waals surface area contributed by atoms with Crippen LogP contribution in [0.5, 0.6) is 0 Å². The van der Waals surface area contributed by atoms with E-state index in [0.717, 1.165) is 0 Å². The number of fused-ring (bicyclic) bond motifs is 1. The summed E-state index contributed by atoms with van der Waals surface area (Å²) in [5.41, 5.74) is 1.91. The van der Waals surface area contributed by atoms with Crippen molar-refractivity contribution in [3.63, 3.8) is 0 Å². The predicted molar refractivity (Wildman–Crippen MR) is 95.0 cm³/mol. The number of benzene rings is 3. The summed E-state index contributed by atoms with van der Waals surface area (Å²) < 4.78 is 53.1. The van der Waals surface area contributed by atoms with E-state index in [9.17, 15) is 16.8 Å². The van der Waals surface area contributed by atoms with Crippen LogP contribution in [0, 0.1) is 0 Å². The number of rotatable bonds is 2. The summed E-state index contributed by atoms with van der Waals surface area (Å²) in [6.45, 7) is 0. The molecule has 3 aromatic carbocycles. The highest BCUT2D eigenvalue weighted by Crippen LogP contribution is 2.48. The van der Waals surface area contributed by atoms with Crippen molar-refractivity contribution in [2.24, 2.45) is 0 Å². The normalized spacial score (nSPS) is 17.1. The Labute approximate surface area is 146 Å². The van der Waals surface area contributed by atoms with Crippen LogP contribution >= 0.6 is 0 Å². The highest BCUT2D eigenvalue weighted by molar-refractivity contribution is 8.14. The average molecular weight is 370 g/mol. The summed E-state index contributed by atoms with van der Waals surface area (Å²) in [4.78, 5) is -0.500. The summed E-state index contributed by atoms with van der Waals surface area (Å²) in [6.07, 6.45) is 0. The Morgan fingerprint density at radius 3 is 1.24 bits per heavy atom. The molecule has 0 spiro atoms.